The summed E-state index contributed by atoms with van der Waals surface area (Å²) < 4.78 is 78.2. The van der Waals surface area contributed by atoms with E-state index in [1.165, 1.54) is 40.2 Å². The maximum Gasteiger partial charge on any atom is 0.497 e. The molecule has 20 nitrogen and oxygen atoms in total. The van der Waals surface area contributed by atoms with Crippen LogP contribution in [0.5, 0.6) is 5.88 Å². The third-order valence-corrected chi connectivity index (χ3v) is 11.2. The number of aromatic nitrogens is 4. The average Bonchev–Trinajstić information content (AvgIpc) is 3.08. The summed E-state index contributed by atoms with van der Waals surface area (Å²) >= 11 is 0. The number of aromatic hydroxyl groups is 1. The molecule has 0 atom stereocenters. The van der Waals surface area contributed by atoms with Gasteiger partial charge in [0, 0.05) is 50.3 Å². The Morgan fingerprint density at radius 1 is 0.904 bits per heavy atom. The van der Waals surface area contributed by atoms with Crippen LogP contribution in [0.2, 0.25) is 6.04 Å². The highest BCUT2D eigenvalue weighted by Crippen LogP contribution is 2.33. The molecule has 0 aliphatic heterocycles. The lowest BCUT2D eigenvalue weighted by atomic mass is 10.1. The zero-order valence-corrected chi connectivity index (χ0v) is 30.9. The van der Waals surface area contributed by atoms with Gasteiger partial charge in [-0.1, -0.05) is 18.2 Å². The van der Waals surface area contributed by atoms with Crippen molar-refractivity contribution in [3.63, 3.8) is 0 Å². The molecular weight excluding hydrogens is 743 g/mol. The van der Waals surface area contributed by atoms with E-state index >= 15 is 0 Å². The van der Waals surface area contributed by atoms with E-state index in [4.69, 9.17) is 8.85 Å². The van der Waals surface area contributed by atoms with E-state index < -0.39 is 62.5 Å². The van der Waals surface area contributed by atoms with Gasteiger partial charge in [-0.15, -0.1) is 10.2 Å². The summed E-state index contributed by atoms with van der Waals surface area (Å²) in [4.78, 5) is 35.9. The zero-order chi connectivity index (χ0) is 38.3. The summed E-state index contributed by atoms with van der Waals surface area (Å²) in [5, 5.41) is 27.4. The minimum absolute atomic E-state index is 0.0202. The molecule has 0 unspecified atom stereocenters. The van der Waals surface area contributed by atoms with Gasteiger partial charge in [-0.2, -0.15) is 31.8 Å². The third kappa shape index (κ3) is 10.3. The van der Waals surface area contributed by atoms with E-state index in [0.717, 1.165) is 10.6 Å². The first kappa shape index (κ1) is 39.9. The van der Waals surface area contributed by atoms with E-state index in [9.17, 15) is 40.6 Å². The van der Waals surface area contributed by atoms with Crippen LogP contribution in [-0.2, 0) is 41.4 Å². The molecule has 280 valence electrons. The Morgan fingerprint density at radius 3 is 2.10 bits per heavy atom. The highest BCUT2D eigenvalue weighted by Gasteiger charge is 2.33. The number of para-hydroxylation sites is 1. The summed E-state index contributed by atoms with van der Waals surface area (Å²) in [5.41, 5.74) is -1.44. The summed E-state index contributed by atoms with van der Waals surface area (Å²) in [6, 6.07) is 12.7. The first-order valence-electron chi connectivity index (χ1n) is 15.3. The Morgan fingerprint density at radius 2 is 1.52 bits per heavy atom. The lowest BCUT2D eigenvalue weighted by Crippen LogP contribution is -2.40. The Bertz CT molecular complexity index is 2220. The van der Waals surface area contributed by atoms with E-state index in [-0.39, 0.29) is 47.2 Å². The van der Waals surface area contributed by atoms with Crippen LogP contribution in [0.3, 0.4) is 0 Å². The molecule has 0 saturated carbocycles. The molecule has 0 spiro atoms. The molecule has 7 N–H and O–H groups in total. The third-order valence-electron chi connectivity index (χ3n) is 7.43. The lowest BCUT2D eigenvalue weighted by Gasteiger charge is -2.19. The number of nitrogens with zero attached hydrogens (tertiary/aromatic N) is 6. The predicted molar refractivity (Wildman–Crippen MR) is 191 cm³/mol. The summed E-state index contributed by atoms with van der Waals surface area (Å²) in [7, 11) is -10.1. The number of anilines is 5. The Balaban J connectivity index is 1.72. The van der Waals surface area contributed by atoms with Crippen molar-refractivity contribution in [2.45, 2.75) is 43.5 Å². The lowest BCUT2D eigenvalue weighted by molar-refractivity contribution is 0.151. The van der Waals surface area contributed by atoms with Gasteiger partial charge in [0.2, 0.25) is 17.8 Å². The second-order valence-corrected chi connectivity index (χ2v) is 16.6. The number of rotatable bonds is 17. The molecule has 4 aromatic rings. The topological polar surface area (TPSA) is 289 Å². The van der Waals surface area contributed by atoms with E-state index in [1.54, 1.807) is 24.3 Å². The number of benzene rings is 2. The summed E-state index contributed by atoms with van der Waals surface area (Å²) in [5.74, 6) is -1.52. The van der Waals surface area contributed by atoms with Gasteiger partial charge in [0.05, 0.1) is 0 Å². The van der Waals surface area contributed by atoms with Gasteiger partial charge < -0.3 is 34.7 Å². The van der Waals surface area contributed by atoms with E-state index in [0.29, 0.717) is 18.7 Å². The van der Waals surface area contributed by atoms with Crippen molar-refractivity contribution in [1.29, 1.82) is 0 Å². The van der Waals surface area contributed by atoms with Crippen molar-refractivity contribution in [2.24, 2.45) is 10.2 Å². The van der Waals surface area contributed by atoms with Crippen LogP contribution in [0.15, 0.2) is 68.4 Å². The van der Waals surface area contributed by atoms with Crippen LogP contribution in [0.1, 0.15) is 24.5 Å². The maximum absolute atomic E-state index is 13.1. The van der Waals surface area contributed by atoms with Crippen LogP contribution in [0, 0.1) is 6.92 Å². The van der Waals surface area contributed by atoms with Gasteiger partial charge >= 0.3 is 8.80 Å². The fourth-order valence-electron chi connectivity index (χ4n) is 4.77. The Kier molecular flexibility index (Phi) is 12.8. The molecule has 0 amide bonds. The maximum atomic E-state index is 13.1. The van der Waals surface area contributed by atoms with Gasteiger partial charge in [0.25, 0.3) is 25.8 Å². The normalized spacial score (nSPS) is 12.3. The first-order chi connectivity index (χ1) is 24.5. The number of hydrogen-bond acceptors (Lipinski definition) is 17. The predicted octanol–water partition coefficient (Wildman–Crippen LogP) is 3.63. The second-order valence-electron chi connectivity index (χ2n) is 11.0. The van der Waals surface area contributed by atoms with Gasteiger partial charge in [-0.3, -0.25) is 18.5 Å². The van der Waals surface area contributed by atoms with Crippen molar-refractivity contribution < 1.29 is 44.7 Å². The number of azo groups is 1. The molecule has 0 saturated heterocycles. The monoisotopic (exact) mass is 779 g/mol. The molecule has 52 heavy (non-hydrogen) atoms. The quantitative estimate of drug-likeness (QED) is 0.0348. The number of pyridine rings is 1. The smallest absolute Gasteiger partial charge is 0.494 e. The Hall–Kier alpha value is -4.88. The first-order valence-corrected chi connectivity index (χ1v) is 20.3. The average molecular weight is 780 g/mol. The minimum Gasteiger partial charge on any atom is -0.494 e. The highest BCUT2D eigenvalue weighted by molar-refractivity contribution is 7.86. The van der Waals surface area contributed by atoms with Crippen molar-refractivity contribution in [3.8, 4) is 5.88 Å². The number of hydrogen-bond donors (Lipinski definition) is 7. The van der Waals surface area contributed by atoms with E-state index in [1.807, 2.05) is 6.07 Å². The molecule has 2 aromatic carbocycles. The molecular formula is C29H37N9O11S2Si. The number of nitrogens with one attached hydrogen (secondary N) is 3. The van der Waals surface area contributed by atoms with Crippen LogP contribution in [0.25, 0.3) is 0 Å². The molecule has 0 fully saturated rings. The van der Waals surface area contributed by atoms with Crippen molar-refractivity contribution in [3.05, 3.63) is 70.0 Å². The highest BCUT2D eigenvalue weighted by atomic mass is 32.2. The standard InChI is InChI=1S/C29H37N9O11S2Si/c1-5-38-25(39)21(17-50(41,42)43)18(2)24(26(38)40)37-36-22-16-20(12-13-23(22)51(44,45)46)32-29-34-27(30-14-9-15-52(47,48-3)49-4)33-28(35-29)31-19-10-7-6-8-11-19/h6-8,10-13,16,39,47H,5,9,14-15,17H2,1-4H3,(H,41,42,43)(H,44,45,46)(H3,30,31,32,33,34,35). The molecule has 4 rings (SSSR count). The van der Waals surface area contributed by atoms with Gasteiger partial charge in [0.15, 0.2) is 11.6 Å². The molecule has 0 radical (unpaired) electrons. The molecule has 0 aliphatic carbocycles. The van der Waals surface area contributed by atoms with Crippen molar-refractivity contribution in [2.75, 3.05) is 36.7 Å². The fourth-order valence-corrected chi connectivity index (χ4v) is 7.28. The van der Waals surface area contributed by atoms with Crippen molar-refractivity contribution >= 4 is 69.6 Å². The van der Waals surface area contributed by atoms with Crippen LogP contribution < -0.4 is 21.5 Å². The van der Waals surface area contributed by atoms with E-state index in [2.05, 4.69) is 41.1 Å². The minimum atomic E-state index is -4.89. The SMILES string of the molecule is CCn1c(O)c(CS(=O)(=O)O)c(C)c(N=Nc2cc(Nc3nc(NCCC[Si](O)(OC)OC)nc(Nc4ccccc4)n3)ccc2S(=O)(=O)O)c1=O. The van der Waals surface area contributed by atoms with Crippen LogP contribution in [0.4, 0.5) is 40.6 Å². The Labute approximate surface area is 299 Å². The molecule has 0 aliphatic rings. The molecule has 0 bridgehead atoms. The van der Waals surface area contributed by atoms with Crippen LogP contribution >= 0.6 is 0 Å². The van der Waals surface area contributed by atoms with Gasteiger partial charge in [0.1, 0.15) is 16.3 Å². The van der Waals surface area contributed by atoms with Crippen LogP contribution in [-0.4, -0.2) is 84.9 Å². The van der Waals surface area contributed by atoms with Crippen molar-refractivity contribution in [1.82, 2.24) is 19.5 Å². The second kappa shape index (κ2) is 16.6. The fraction of sp³-hybridized carbons (Fsp3) is 0.310. The summed E-state index contributed by atoms with van der Waals surface area (Å²) in [6.07, 6.45) is 0.437. The summed E-state index contributed by atoms with van der Waals surface area (Å²) in [6.45, 7) is 2.96. The zero-order valence-electron chi connectivity index (χ0n) is 28.3. The molecule has 23 heteroatoms. The van der Waals surface area contributed by atoms with Gasteiger partial charge in [-0.25, -0.2) is 0 Å². The molecule has 2 heterocycles. The molecule has 2 aromatic heterocycles. The van der Waals surface area contributed by atoms with Gasteiger partial charge in [-0.05, 0) is 56.2 Å². The largest absolute Gasteiger partial charge is 0.497 e.